The van der Waals surface area contributed by atoms with Gasteiger partial charge in [0.05, 0.1) is 16.4 Å². The van der Waals surface area contributed by atoms with Crippen molar-refractivity contribution in [2.75, 3.05) is 0 Å². The fourth-order valence-electron chi connectivity index (χ4n) is 3.71. The average Bonchev–Trinajstić information content (AvgIpc) is 3.24. The zero-order valence-corrected chi connectivity index (χ0v) is 13.9. The summed E-state index contributed by atoms with van der Waals surface area (Å²) in [6, 6.07) is 16.3. The number of rotatable bonds is 4. The van der Waals surface area contributed by atoms with Crippen LogP contribution in [0, 0.1) is 11.8 Å². The lowest BCUT2D eigenvalue weighted by Gasteiger charge is -2.17. The summed E-state index contributed by atoms with van der Waals surface area (Å²) in [5, 5.41) is 9.15. The molecule has 2 aromatic rings. The third kappa shape index (κ3) is 2.34. The van der Waals surface area contributed by atoms with Crippen molar-refractivity contribution < 1.29 is 13.5 Å². The maximum Gasteiger partial charge on any atom is 0.203 e. The molecule has 1 N–H and O–H groups in total. The molecule has 2 aliphatic rings. The molecule has 0 radical (unpaired) electrons. The maximum atomic E-state index is 13.3. The zero-order valence-electron chi connectivity index (χ0n) is 13.1. The van der Waals surface area contributed by atoms with Crippen LogP contribution in [0.15, 0.2) is 76.5 Å². The summed E-state index contributed by atoms with van der Waals surface area (Å²) in [4.78, 5) is 0.835. The van der Waals surface area contributed by atoms with Crippen LogP contribution < -0.4 is 0 Å². The molecule has 2 atom stereocenters. The quantitative estimate of drug-likeness (QED) is 0.867. The number of sulfone groups is 1. The molecule has 0 fully saturated rings. The van der Waals surface area contributed by atoms with Gasteiger partial charge >= 0.3 is 0 Å². The van der Waals surface area contributed by atoms with Crippen molar-refractivity contribution >= 4 is 15.4 Å². The van der Waals surface area contributed by atoms with Gasteiger partial charge in [0.1, 0.15) is 0 Å². The summed E-state index contributed by atoms with van der Waals surface area (Å²) < 4.78 is 26.5. The van der Waals surface area contributed by atoms with E-state index >= 15 is 0 Å². The van der Waals surface area contributed by atoms with Crippen LogP contribution in [0.4, 0.5) is 0 Å². The van der Waals surface area contributed by atoms with E-state index in [4.69, 9.17) is 5.11 Å². The molecule has 122 valence electrons. The Bertz CT molecular complexity index is 923. The monoisotopic (exact) mass is 338 g/mol. The number of hydrogen-bond acceptors (Lipinski definition) is 3. The Morgan fingerprint density at radius 2 is 1.58 bits per heavy atom. The van der Waals surface area contributed by atoms with E-state index in [0.29, 0.717) is 15.4 Å². The number of allylic oxidation sites excluding steroid dienone is 4. The topological polar surface area (TPSA) is 54.4 Å². The van der Waals surface area contributed by atoms with Crippen molar-refractivity contribution in [3.05, 3.63) is 82.8 Å². The van der Waals surface area contributed by atoms with Crippen LogP contribution in [0.3, 0.4) is 0 Å². The first-order valence-electron chi connectivity index (χ1n) is 8.04. The number of benzene rings is 2. The molecule has 2 unspecified atom stereocenters. The van der Waals surface area contributed by atoms with E-state index in [1.165, 1.54) is 0 Å². The summed E-state index contributed by atoms with van der Waals surface area (Å²) in [5.41, 5.74) is 2.63. The van der Waals surface area contributed by atoms with Gasteiger partial charge < -0.3 is 5.11 Å². The van der Waals surface area contributed by atoms with Gasteiger partial charge in [0, 0.05) is 11.8 Å². The minimum atomic E-state index is -3.55. The van der Waals surface area contributed by atoms with E-state index in [-0.39, 0.29) is 18.4 Å². The first-order valence-corrected chi connectivity index (χ1v) is 9.52. The molecule has 24 heavy (non-hydrogen) atoms. The second-order valence-corrected chi connectivity index (χ2v) is 8.20. The Morgan fingerprint density at radius 3 is 2.25 bits per heavy atom. The fraction of sp³-hybridized carbons (Fsp3) is 0.200. The molecule has 0 aromatic heterocycles. The van der Waals surface area contributed by atoms with Crippen LogP contribution in [-0.2, 0) is 16.4 Å². The summed E-state index contributed by atoms with van der Waals surface area (Å²) in [7, 11) is -3.55. The van der Waals surface area contributed by atoms with Gasteiger partial charge in [0.2, 0.25) is 9.84 Å². The maximum absolute atomic E-state index is 13.3. The lowest BCUT2D eigenvalue weighted by atomic mass is 9.95. The molecule has 4 heteroatoms. The smallest absolute Gasteiger partial charge is 0.203 e. The van der Waals surface area contributed by atoms with Crippen molar-refractivity contribution in [3.8, 4) is 0 Å². The first kappa shape index (κ1) is 15.4. The second kappa shape index (κ2) is 5.72. The van der Waals surface area contributed by atoms with E-state index in [1.807, 2.05) is 36.4 Å². The van der Waals surface area contributed by atoms with Gasteiger partial charge in [-0.15, -0.1) is 0 Å². The molecule has 3 nitrogen and oxygen atoms in total. The molecule has 2 bridgehead atoms. The van der Waals surface area contributed by atoms with Crippen LogP contribution in [-0.4, -0.2) is 13.5 Å². The van der Waals surface area contributed by atoms with Gasteiger partial charge in [0.25, 0.3) is 0 Å². The largest absolute Gasteiger partial charge is 0.392 e. The molecule has 4 rings (SSSR count). The van der Waals surface area contributed by atoms with E-state index in [2.05, 4.69) is 6.08 Å². The highest BCUT2D eigenvalue weighted by atomic mass is 32.2. The third-order valence-electron chi connectivity index (χ3n) is 4.85. The van der Waals surface area contributed by atoms with Crippen molar-refractivity contribution in [2.24, 2.45) is 11.8 Å². The summed E-state index contributed by atoms with van der Waals surface area (Å²) in [6.07, 6.45) is 4.99. The molecular formula is C20H18O3S. The van der Waals surface area contributed by atoms with Gasteiger partial charge in [-0.3, -0.25) is 0 Å². The van der Waals surface area contributed by atoms with Crippen molar-refractivity contribution in [3.63, 3.8) is 0 Å². The Balaban J connectivity index is 1.86. The van der Waals surface area contributed by atoms with Crippen LogP contribution in [0.25, 0.3) is 5.57 Å². The predicted molar refractivity (Wildman–Crippen MR) is 93.6 cm³/mol. The molecule has 0 spiro atoms. The molecule has 0 saturated heterocycles. The highest BCUT2D eigenvalue weighted by Crippen LogP contribution is 2.51. The van der Waals surface area contributed by atoms with Gasteiger partial charge in [-0.25, -0.2) is 8.42 Å². The predicted octanol–water partition coefficient (Wildman–Crippen LogP) is 3.57. The molecule has 0 aliphatic heterocycles. The lowest BCUT2D eigenvalue weighted by Crippen LogP contribution is -2.12. The average molecular weight is 338 g/mol. The highest BCUT2D eigenvalue weighted by Gasteiger charge is 2.42. The lowest BCUT2D eigenvalue weighted by molar-refractivity contribution is 0.282. The second-order valence-electron chi connectivity index (χ2n) is 6.28. The fourth-order valence-corrected chi connectivity index (χ4v) is 5.59. The highest BCUT2D eigenvalue weighted by molar-refractivity contribution is 7.95. The van der Waals surface area contributed by atoms with Crippen LogP contribution in [0.2, 0.25) is 0 Å². The van der Waals surface area contributed by atoms with Crippen LogP contribution >= 0.6 is 0 Å². The van der Waals surface area contributed by atoms with E-state index in [9.17, 15) is 8.42 Å². The molecule has 0 saturated carbocycles. The van der Waals surface area contributed by atoms with Crippen LogP contribution in [0.1, 0.15) is 17.5 Å². The number of hydrogen-bond donors (Lipinski definition) is 1. The molecule has 2 aliphatic carbocycles. The number of aliphatic hydroxyl groups excluding tert-OH is 1. The summed E-state index contributed by atoms with van der Waals surface area (Å²) >= 11 is 0. The Morgan fingerprint density at radius 1 is 0.917 bits per heavy atom. The van der Waals surface area contributed by atoms with Crippen molar-refractivity contribution in [1.29, 1.82) is 0 Å². The summed E-state index contributed by atoms with van der Waals surface area (Å²) in [5.74, 6) is 0.145. The Kier molecular flexibility index (Phi) is 3.66. The zero-order chi connectivity index (χ0) is 16.7. The number of aliphatic hydroxyl groups is 1. The standard InChI is InChI=1S/C20H18O3S/c21-13-14-6-10-18(11-7-14)24(22,23)20-17-9-8-16(12-17)19(20)15-4-2-1-3-5-15/h1-11,16-17,21H,12-13H2. The van der Waals surface area contributed by atoms with Crippen molar-refractivity contribution in [2.45, 2.75) is 17.9 Å². The summed E-state index contributed by atoms with van der Waals surface area (Å²) in [6.45, 7) is -0.0915. The third-order valence-corrected chi connectivity index (χ3v) is 6.84. The SMILES string of the molecule is O=S(=O)(C1=C(c2ccccc2)C2C=CC1C2)c1ccc(CO)cc1. The van der Waals surface area contributed by atoms with E-state index in [0.717, 1.165) is 17.6 Å². The molecule has 0 amide bonds. The van der Waals surface area contributed by atoms with Gasteiger partial charge in [-0.1, -0.05) is 54.6 Å². The molecule has 0 heterocycles. The Labute approximate surface area is 141 Å². The minimum absolute atomic E-state index is 0.0345. The molecular weight excluding hydrogens is 320 g/mol. The van der Waals surface area contributed by atoms with Gasteiger partial charge in [-0.2, -0.15) is 0 Å². The first-order chi connectivity index (χ1) is 11.6. The van der Waals surface area contributed by atoms with Gasteiger partial charge in [0.15, 0.2) is 0 Å². The van der Waals surface area contributed by atoms with Crippen LogP contribution in [0.5, 0.6) is 0 Å². The minimum Gasteiger partial charge on any atom is -0.392 e. The van der Waals surface area contributed by atoms with Crippen molar-refractivity contribution in [1.82, 2.24) is 0 Å². The van der Waals surface area contributed by atoms with E-state index in [1.54, 1.807) is 24.3 Å². The molecule has 2 aromatic carbocycles. The van der Waals surface area contributed by atoms with E-state index < -0.39 is 9.84 Å². The normalized spacial score (nSPS) is 22.4. The Hall–Kier alpha value is -2.17. The number of fused-ring (bicyclic) bond motifs is 2. The van der Waals surface area contributed by atoms with Gasteiger partial charge in [-0.05, 0) is 35.3 Å².